The fraction of sp³-hybridized carbons (Fsp3) is 0.500. The van der Waals surface area contributed by atoms with Gasteiger partial charge in [-0.15, -0.1) is 0 Å². The van der Waals surface area contributed by atoms with Gasteiger partial charge < -0.3 is 10.0 Å². The summed E-state index contributed by atoms with van der Waals surface area (Å²) in [5, 5.41) is 19.5. The highest BCUT2D eigenvalue weighted by molar-refractivity contribution is 7.17. The van der Waals surface area contributed by atoms with Crippen molar-refractivity contribution in [2.75, 3.05) is 6.54 Å². The van der Waals surface area contributed by atoms with Crippen LogP contribution in [0.2, 0.25) is 0 Å². The molecule has 1 fully saturated rings. The number of hydrogen-bond donors (Lipinski definition) is 1. The summed E-state index contributed by atoms with van der Waals surface area (Å²) in [4.78, 5) is 35.2. The molecule has 2 rings (SSSR count). The van der Waals surface area contributed by atoms with Gasteiger partial charge in [-0.2, -0.15) is 0 Å². The third-order valence-electron chi connectivity index (χ3n) is 3.47. The highest BCUT2D eigenvalue weighted by Crippen LogP contribution is 2.29. The quantitative estimate of drug-likeness (QED) is 0.679. The maximum absolute atomic E-state index is 12.3. The second-order valence-electron chi connectivity index (χ2n) is 4.80. The fourth-order valence-corrected chi connectivity index (χ4v) is 3.16. The van der Waals surface area contributed by atoms with E-state index in [9.17, 15) is 19.7 Å². The number of likely N-dealkylation sites (tertiary alicyclic amines) is 1. The molecule has 1 N–H and O–H groups in total. The largest absolute Gasteiger partial charge is 0.481 e. The topological polar surface area (TPSA) is 101 Å². The van der Waals surface area contributed by atoms with Crippen LogP contribution >= 0.6 is 11.3 Å². The molecule has 0 unspecified atom stereocenters. The van der Waals surface area contributed by atoms with Gasteiger partial charge in [-0.1, -0.05) is 11.3 Å². The van der Waals surface area contributed by atoms with E-state index < -0.39 is 16.8 Å². The molecule has 0 bridgehead atoms. The number of amides is 1. The van der Waals surface area contributed by atoms with E-state index in [-0.39, 0.29) is 17.0 Å². The van der Waals surface area contributed by atoms with E-state index in [1.54, 1.807) is 11.8 Å². The minimum Gasteiger partial charge on any atom is -0.481 e. The van der Waals surface area contributed by atoms with Crippen molar-refractivity contribution in [2.45, 2.75) is 25.8 Å². The Hall–Kier alpha value is -1.96. The number of carbonyl (C=O) groups is 2. The Bertz CT molecular complexity index is 556. The lowest BCUT2D eigenvalue weighted by Gasteiger charge is -2.35. The molecule has 8 heteroatoms. The SMILES string of the molecule is C[C@@H]1C[C@H](C(=O)O)CCN1C(=O)c1ccc([N+](=O)[O-])s1. The normalized spacial score (nSPS) is 22.6. The number of thiophene rings is 1. The Morgan fingerprint density at radius 1 is 1.50 bits per heavy atom. The Kier molecular flexibility index (Phi) is 4.03. The molecular formula is C12H14N2O5S. The van der Waals surface area contributed by atoms with E-state index in [0.29, 0.717) is 24.3 Å². The average molecular weight is 298 g/mol. The molecule has 7 nitrogen and oxygen atoms in total. The summed E-state index contributed by atoms with van der Waals surface area (Å²) < 4.78 is 0. The second kappa shape index (κ2) is 5.58. The highest BCUT2D eigenvalue weighted by atomic mass is 32.1. The Morgan fingerprint density at radius 3 is 2.70 bits per heavy atom. The van der Waals surface area contributed by atoms with E-state index in [1.165, 1.54) is 12.1 Å². The molecule has 1 saturated heterocycles. The molecule has 0 radical (unpaired) electrons. The first kappa shape index (κ1) is 14.4. The minimum atomic E-state index is -0.837. The van der Waals surface area contributed by atoms with Gasteiger partial charge in [-0.25, -0.2) is 0 Å². The fourth-order valence-electron chi connectivity index (χ4n) is 2.38. The Balaban J connectivity index is 2.09. The van der Waals surface area contributed by atoms with Crippen LogP contribution in [0.4, 0.5) is 5.00 Å². The molecule has 2 atom stereocenters. The standard InChI is InChI=1S/C12H14N2O5S/c1-7-6-8(12(16)17)4-5-13(7)11(15)9-2-3-10(20-9)14(18)19/h2-3,7-8H,4-6H2,1H3,(H,16,17)/t7-,8-/m1/s1. The third-order valence-corrected chi connectivity index (χ3v) is 4.49. The second-order valence-corrected chi connectivity index (χ2v) is 5.86. The number of carboxylic acids is 1. The number of nitrogens with zero attached hydrogens (tertiary/aromatic N) is 2. The van der Waals surface area contributed by atoms with Crippen molar-refractivity contribution in [3.05, 3.63) is 27.1 Å². The Morgan fingerprint density at radius 2 is 2.20 bits per heavy atom. The van der Waals surface area contributed by atoms with E-state index in [1.807, 2.05) is 0 Å². The van der Waals surface area contributed by atoms with E-state index >= 15 is 0 Å². The van der Waals surface area contributed by atoms with Gasteiger partial charge in [-0.05, 0) is 25.8 Å². The van der Waals surface area contributed by atoms with Crippen molar-refractivity contribution in [2.24, 2.45) is 5.92 Å². The molecule has 1 aliphatic rings. The smallest absolute Gasteiger partial charge is 0.324 e. The number of carbonyl (C=O) groups excluding carboxylic acids is 1. The first-order valence-corrected chi connectivity index (χ1v) is 6.99. The maximum atomic E-state index is 12.3. The summed E-state index contributed by atoms with van der Waals surface area (Å²) in [5.41, 5.74) is 0. The monoisotopic (exact) mass is 298 g/mol. The van der Waals surface area contributed by atoms with Crippen molar-refractivity contribution in [3.63, 3.8) is 0 Å². The van der Waals surface area contributed by atoms with Crippen molar-refractivity contribution in [1.82, 2.24) is 4.90 Å². The van der Waals surface area contributed by atoms with Gasteiger partial charge in [0.05, 0.1) is 15.7 Å². The first-order valence-electron chi connectivity index (χ1n) is 6.18. The molecule has 0 aliphatic carbocycles. The summed E-state index contributed by atoms with van der Waals surface area (Å²) in [6.45, 7) is 2.16. The average Bonchev–Trinajstić information content (AvgIpc) is 2.87. The minimum absolute atomic E-state index is 0.0681. The molecular weight excluding hydrogens is 284 g/mol. The first-order chi connectivity index (χ1) is 9.40. The molecule has 1 aromatic rings. The van der Waals surface area contributed by atoms with Crippen molar-refractivity contribution >= 4 is 28.2 Å². The third kappa shape index (κ3) is 2.79. The molecule has 2 heterocycles. The number of rotatable bonds is 3. The summed E-state index contributed by atoms with van der Waals surface area (Å²) in [7, 11) is 0. The lowest BCUT2D eigenvalue weighted by Crippen LogP contribution is -2.45. The lowest BCUT2D eigenvalue weighted by atomic mass is 9.91. The molecule has 1 aliphatic heterocycles. The zero-order chi connectivity index (χ0) is 14.9. The molecule has 108 valence electrons. The van der Waals surface area contributed by atoms with E-state index in [4.69, 9.17) is 5.11 Å². The van der Waals surface area contributed by atoms with Crippen LogP contribution in [0.3, 0.4) is 0 Å². The zero-order valence-electron chi connectivity index (χ0n) is 10.8. The summed E-state index contributed by atoms with van der Waals surface area (Å²) in [6.07, 6.45) is 0.827. The maximum Gasteiger partial charge on any atom is 0.324 e. The van der Waals surface area contributed by atoms with Crippen LogP contribution in [0.25, 0.3) is 0 Å². The number of aliphatic carboxylic acids is 1. The summed E-state index contributed by atoms with van der Waals surface area (Å²) >= 11 is 0.845. The molecule has 1 amide bonds. The van der Waals surface area contributed by atoms with Gasteiger partial charge in [0.15, 0.2) is 0 Å². The van der Waals surface area contributed by atoms with E-state index in [0.717, 1.165) is 11.3 Å². The van der Waals surface area contributed by atoms with Crippen molar-refractivity contribution in [3.8, 4) is 0 Å². The van der Waals surface area contributed by atoms with Crippen LogP contribution in [0.1, 0.15) is 29.4 Å². The van der Waals surface area contributed by atoms with Gasteiger partial charge in [0.2, 0.25) is 0 Å². The number of nitro groups is 1. The molecule has 1 aromatic heterocycles. The van der Waals surface area contributed by atoms with Crippen LogP contribution in [0.5, 0.6) is 0 Å². The van der Waals surface area contributed by atoms with Gasteiger partial charge in [-0.3, -0.25) is 19.7 Å². The number of carboxylic acid groups (broad SMARTS) is 1. The number of hydrogen-bond acceptors (Lipinski definition) is 5. The lowest BCUT2D eigenvalue weighted by molar-refractivity contribution is -0.380. The Labute approximate surface area is 119 Å². The van der Waals surface area contributed by atoms with Crippen LogP contribution in [0.15, 0.2) is 12.1 Å². The predicted octanol–water partition coefficient (Wildman–Crippen LogP) is 1.98. The van der Waals surface area contributed by atoms with Gasteiger partial charge in [0.1, 0.15) is 0 Å². The highest BCUT2D eigenvalue weighted by Gasteiger charge is 2.33. The van der Waals surface area contributed by atoms with Gasteiger partial charge in [0.25, 0.3) is 5.91 Å². The van der Waals surface area contributed by atoms with Gasteiger partial charge >= 0.3 is 11.0 Å². The van der Waals surface area contributed by atoms with Crippen LogP contribution in [-0.2, 0) is 4.79 Å². The summed E-state index contributed by atoms with van der Waals surface area (Å²) in [5.74, 6) is -1.53. The summed E-state index contributed by atoms with van der Waals surface area (Å²) in [6, 6.07) is 2.58. The van der Waals surface area contributed by atoms with Crippen LogP contribution < -0.4 is 0 Å². The molecule has 0 aromatic carbocycles. The predicted molar refractivity (Wildman–Crippen MR) is 71.8 cm³/mol. The zero-order valence-corrected chi connectivity index (χ0v) is 11.6. The number of piperidine rings is 1. The molecule has 0 saturated carbocycles. The van der Waals surface area contributed by atoms with Crippen LogP contribution in [0, 0.1) is 16.0 Å². The molecule has 20 heavy (non-hydrogen) atoms. The van der Waals surface area contributed by atoms with Crippen LogP contribution in [-0.4, -0.2) is 39.4 Å². The van der Waals surface area contributed by atoms with Gasteiger partial charge in [0, 0.05) is 18.7 Å². The molecule has 0 spiro atoms. The van der Waals surface area contributed by atoms with Crippen molar-refractivity contribution < 1.29 is 19.6 Å². The van der Waals surface area contributed by atoms with Crippen molar-refractivity contribution in [1.29, 1.82) is 0 Å². The van der Waals surface area contributed by atoms with E-state index in [2.05, 4.69) is 0 Å².